The molecular formula is C20H21N3O2S. The van der Waals surface area contributed by atoms with Crippen LogP contribution in [-0.2, 0) is 4.79 Å². The predicted octanol–water partition coefficient (Wildman–Crippen LogP) is 4.54. The van der Waals surface area contributed by atoms with E-state index in [1.165, 1.54) is 16.9 Å². The SMILES string of the molecule is Cc1ccc(-c2nnc(NC(=O)[C@H](C)Oc3ccc(C)cc3C)s2)cc1. The number of hydrogen-bond donors (Lipinski definition) is 1. The third kappa shape index (κ3) is 4.26. The van der Waals surface area contributed by atoms with E-state index < -0.39 is 6.10 Å². The molecule has 1 atom stereocenters. The van der Waals surface area contributed by atoms with Gasteiger partial charge >= 0.3 is 0 Å². The summed E-state index contributed by atoms with van der Waals surface area (Å²) in [5.41, 5.74) is 4.32. The summed E-state index contributed by atoms with van der Waals surface area (Å²) in [6, 6.07) is 13.9. The molecule has 0 unspecified atom stereocenters. The molecule has 3 aromatic rings. The summed E-state index contributed by atoms with van der Waals surface area (Å²) in [5, 5.41) is 12.2. The Morgan fingerprint density at radius 1 is 1.04 bits per heavy atom. The molecule has 0 fully saturated rings. The lowest BCUT2D eigenvalue weighted by atomic mass is 10.1. The van der Waals surface area contributed by atoms with Gasteiger partial charge in [-0.3, -0.25) is 10.1 Å². The van der Waals surface area contributed by atoms with Crippen molar-refractivity contribution in [3.63, 3.8) is 0 Å². The minimum Gasteiger partial charge on any atom is -0.481 e. The first-order valence-electron chi connectivity index (χ1n) is 8.37. The summed E-state index contributed by atoms with van der Waals surface area (Å²) in [4.78, 5) is 12.4. The standard InChI is InChI=1S/C20H21N3O2S/c1-12-5-8-16(9-6-12)19-22-23-20(26-19)21-18(24)15(4)25-17-10-7-13(2)11-14(17)3/h5-11,15H,1-4H3,(H,21,23,24)/t15-/m0/s1. The van der Waals surface area contributed by atoms with Gasteiger partial charge in [-0.25, -0.2) is 0 Å². The number of nitrogens with one attached hydrogen (secondary N) is 1. The van der Waals surface area contributed by atoms with Crippen molar-refractivity contribution in [2.45, 2.75) is 33.8 Å². The molecule has 1 amide bonds. The lowest BCUT2D eigenvalue weighted by Crippen LogP contribution is -2.30. The second-order valence-corrected chi connectivity index (χ2v) is 7.27. The van der Waals surface area contributed by atoms with Crippen LogP contribution in [0.5, 0.6) is 5.75 Å². The first kappa shape index (κ1) is 18.1. The molecule has 0 aliphatic carbocycles. The van der Waals surface area contributed by atoms with Crippen LogP contribution in [0.4, 0.5) is 5.13 Å². The number of anilines is 1. The summed E-state index contributed by atoms with van der Waals surface area (Å²) in [5.74, 6) is 0.451. The van der Waals surface area contributed by atoms with E-state index in [0.29, 0.717) is 10.9 Å². The number of rotatable bonds is 5. The fraction of sp³-hybridized carbons (Fsp3) is 0.250. The minimum atomic E-state index is -0.636. The van der Waals surface area contributed by atoms with Crippen LogP contribution in [0.25, 0.3) is 10.6 Å². The van der Waals surface area contributed by atoms with E-state index in [1.807, 2.05) is 63.2 Å². The van der Waals surface area contributed by atoms with E-state index in [4.69, 9.17) is 4.74 Å². The van der Waals surface area contributed by atoms with E-state index in [-0.39, 0.29) is 5.91 Å². The van der Waals surface area contributed by atoms with E-state index in [2.05, 4.69) is 15.5 Å². The van der Waals surface area contributed by atoms with E-state index >= 15 is 0 Å². The second-order valence-electron chi connectivity index (χ2n) is 6.30. The molecule has 0 bridgehead atoms. The van der Waals surface area contributed by atoms with Crippen molar-refractivity contribution in [3.8, 4) is 16.3 Å². The highest BCUT2D eigenvalue weighted by Crippen LogP contribution is 2.27. The molecule has 0 spiro atoms. The van der Waals surface area contributed by atoms with Crippen molar-refractivity contribution in [2.75, 3.05) is 5.32 Å². The summed E-state index contributed by atoms with van der Waals surface area (Å²) < 4.78 is 5.78. The minimum absolute atomic E-state index is 0.253. The van der Waals surface area contributed by atoms with E-state index in [9.17, 15) is 4.79 Å². The Bertz CT molecular complexity index is 919. The van der Waals surface area contributed by atoms with Crippen LogP contribution in [-0.4, -0.2) is 22.2 Å². The Morgan fingerprint density at radius 3 is 2.42 bits per heavy atom. The van der Waals surface area contributed by atoms with Crippen LogP contribution in [0.3, 0.4) is 0 Å². The number of ether oxygens (including phenoxy) is 1. The molecular weight excluding hydrogens is 346 g/mol. The number of hydrogen-bond acceptors (Lipinski definition) is 5. The lowest BCUT2D eigenvalue weighted by Gasteiger charge is -2.15. The van der Waals surface area contributed by atoms with Crippen LogP contribution in [0.15, 0.2) is 42.5 Å². The number of aryl methyl sites for hydroxylation is 3. The van der Waals surface area contributed by atoms with Gasteiger partial charge in [0.25, 0.3) is 5.91 Å². The molecule has 1 N–H and O–H groups in total. The highest BCUT2D eigenvalue weighted by Gasteiger charge is 2.18. The molecule has 0 aliphatic rings. The zero-order chi connectivity index (χ0) is 18.7. The third-order valence-electron chi connectivity index (χ3n) is 3.96. The molecule has 6 heteroatoms. The smallest absolute Gasteiger partial charge is 0.266 e. The maximum Gasteiger partial charge on any atom is 0.266 e. The Kier molecular flexibility index (Phi) is 5.32. The number of benzene rings is 2. The predicted molar refractivity (Wildman–Crippen MR) is 105 cm³/mol. The lowest BCUT2D eigenvalue weighted by molar-refractivity contribution is -0.122. The van der Waals surface area contributed by atoms with Gasteiger partial charge in [-0.15, -0.1) is 10.2 Å². The normalized spacial score (nSPS) is 11.8. The molecule has 26 heavy (non-hydrogen) atoms. The van der Waals surface area contributed by atoms with Gasteiger partial charge in [0.05, 0.1) is 0 Å². The third-order valence-corrected chi connectivity index (χ3v) is 4.84. The average Bonchev–Trinajstić information content (AvgIpc) is 3.06. The van der Waals surface area contributed by atoms with Crippen LogP contribution in [0, 0.1) is 20.8 Å². The number of nitrogens with zero attached hydrogens (tertiary/aromatic N) is 2. The molecule has 0 aliphatic heterocycles. The van der Waals surface area contributed by atoms with E-state index in [1.54, 1.807) is 6.92 Å². The molecule has 1 heterocycles. The van der Waals surface area contributed by atoms with Crippen LogP contribution >= 0.6 is 11.3 Å². The topological polar surface area (TPSA) is 64.1 Å². The van der Waals surface area contributed by atoms with Gasteiger partial charge in [0, 0.05) is 5.56 Å². The summed E-state index contributed by atoms with van der Waals surface area (Å²) in [6.45, 7) is 7.74. The molecule has 0 saturated carbocycles. The maximum atomic E-state index is 12.4. The summed E-state index contributed by atoms with van der Waals surface area (Å²) >= 11 is 1.34. The van der Waals surface area contributed by atoms with Gasteiger partial charge < -0.3 is 4.74 Å². The van der Waals surface area contributed by atoms with E-state index in [0.717, 1.165) is 21.7 Å². The fourth-order valence-corrected chi connectivity index (χ4v) is 3.22. The van der Waals surface area contributed by atoms with Gasteiger partial charge in [0.2, 0.25) is 5.13 Å². The summed E-state index contributed by atoms with van der Waals surface area (Å²) in [6.07, 6.45) is -0.636. The van der Waals surface area contributed by atoms with Crippen molar-refractivity contribution in [1.82, 2.24) is 10.2 Å². The Balaban J connectivity index is 1.65. The second kappa shape index (κ2) is 7.66. The van der Waals surface area contributed by atoms with Gasteiger partial charge in [-0.2, -0.15) is 0 Å². The zero-order valence-corrected chi connectivity index (χ0v) is 16.1. The van der Waals surface area contributed by atoms with Crippen molar-refractivity contribution in [3.05, 3.63) is 59.2 Å². The highest BCUT2D eigenvalue weighted by atomic mass is 32.1. The first-order chi connectivity index (χ1) is 12.4. The van der Waals surface area contributed by atoms with Gasteiger partial charge in [-0.05, 0) is 39.3 Å². The van der Waals surface area contributed by atoms with Crippen LogP contribution in [0.1, 0.15) is 23.6 Å². The molecule has 5 nitrogen and oxygen atoms in total. The molecule has 2 aromatic carbocycles. The average molecular weight is 367 g/mol. The summed E-state index contributed by atoms with van der Waals surface area (Å²) in [7, 11) is 0. The molecule has 3 rings (SSSR count). The number of carbonyl (C=O) groups is 1. The van der Waals surface area contributed by atoms with Crippen LogP contribution < -0.4 is 10.1 Å². The van der Waals surface area contributed by atoms with Crippen molar-refractivity contribution < 1.29 is 9.53 Å². The number of amides is 1. The quantitative estimate of drug-likeness (QED) is 0.719. The molecule has 134 valence electrons. The number of aromatic nitrogens is 2. The Morgan fingerprint density at radius 2 is 1.73 bits per heavy atom. The van der Waals surface area contributed by atoms with Crippen molar-refractivity contribution in [2.24, 2.45) is 0 Å². The monoisotopic (exact) mass is 367 g/mol. The molecule has 0 saturated heterocycles. The molecule has 1 aromatic heterocycles. The van der Waals surface area contributed by atoms with Crippen LogP contribution in [0.2, 0.25) is 0 Å². The van der Waals surface area contributed by atoms with Gasteiger partial charge in [0.15, 0.2) is 6.10 Å². The Hall–Kier alpha value is -2.73. The van der Waals surface area contributed by atoms with Gasteiger partial charge in [-0.1, -0.05) is 58.9 Å². The fourth-order valence-electron chi connectivity index (χ4n) is 2.47. The first-order valence-corrected chi connectivity index (χ1v) is 9.19. The zero-order valence-electron chi connectivity index (χ0n) is 15.2. The van der Waals surface area contributed by atoms with Crippen molar-refractivity contribution >= 4 is 22.4 Å². The Labute approximate surface area is 157 Å². The molecule has 0 radical (unpaired) electrons. The maximum absolute atomic E-state index is 12.4. The number of carbonyl (C=O) groups excluding carboxylic acids is 1. The largest absolute Gasteiger partial charge is 0.481 e. The van der Waals surface area contributed by atoms with Crippen molar-refractivity contribution in [1.29, 1.82) is 0 Å². The van der Waals surface area contributed by atoms with Gasteiger partial charge in [0.1, 0.15) is 10.8 Å². The highest BCUT2D eigenvalue weighted by molar-refractivity contribution is 7.18.